The van der Waals surface area contributed by atoms with E-state index in [1.54, 1.807) is 12.0 Å². The maximum absolute atomic E-state index is 13.8. The number of fused-ring (bicyclic) bond motifs is 3. The monoisotopic (exact) mass is 433 g/mol. The molecule has 1 atom stereocenters. The summed E-state index contributed by atoms with van der Waals surface area (Å²) in [5, 5.41) is 4.08. The zero-order valence-corrected chi connectivity index (χ0v) is 19.2. The van der Waals surface area contributed by atoms with Crippen LogP contribution in [0.2, 0.25) is 0 Å². The maximum Gasteiger partial charge on any atom is 0.271 e. The van der Waals surface area contributed by atoms with Gasteiger partial charge in [0.1, 0.15) is 17.0 Å². The van der Waals surface area contributed by atoms with Crippen molar-refractivity contribution in [2.24, 2.45) is 5.92 Å². The van der Waals surface area contributed by atoms with E-state index in [9.17, 15) is 9.59 Å². The standard InChI is InChI=1S/C26H31N3O3/c1-18(2)13-14-27-25(31)26(3)17-28-21-11-7-5-9-19(21)15-22(28)24(30)29(26)16-20-10-6-8-12-23(20)32-4/h5-12,15,18H,13-14,16-17H2,1-4H3,(H,27,31). The minimum Gasteiger partial charge on any atom is -0.496 e. The number of hydrogen-bond donors (Lipinski definition) is 1. The number of ether oxygens (including phenoxy) is 1. The minimum atomic E-state index is -1.04. The summed E-state index contributed by atoms with van der Waals surface area (Å²) >= 11 is 0. The van der Waals surface area contributed by atoms with Crippen molar-refractivity contribution in [2.45, 2.75) is 45.8 Å². The average molecular weight is 434 g/mol. The summed E-state index contributed by atoms with van der Waals surface area (Å²) in [6.45, 7) is 7.39. The first-order valence-electron chi connectivity index (χ1n) is 11.2. The number of methoxy groups -OCH3 is 1. The molecule has 168 valence electrons. The Morgan fingerprint density at radius 3 is 2.62 bits per heavy atom. The van der Waals surface area contributed by atoms with E-state index >= 15 is 0 Å². The van der Waals surface area contributed by atoms with Crippen LogP contribution in [0.25, 0.3) is 10.9 Å². The van der Waals surface area contributed by atoms with Gasteiger partial charge >= 0.3 is 0 Å². The van der Waals surface area contributed by atoms with Crippen LogP contribution >= 0.6 is 0 Å². The molecule has 0 saturated carbocycles. The smallest absolute Gasteiger partial charge is 0.271 e. The molecule has 6 nitrogen and oxygen atoms in total. The van der Waals surface area contributed by atoms with Crippen molar-refractivity contribution < 1.29 is 14.3 Å². The van der Waals surface area contributed by atoms with E-state index in [0.717, 1.165) is 22.9 Å². The van der Waals surface area contributed by atoms with E-state index in [0.29, 0.717) is 37.0 Å². The maximum atomic E-state index is 13.8. The molecule has 1 unspecified atom stereocenters. The number of rotatable bonds is 7. The van der Waals surface area contributed by atoms with Gasteiger partial charge < -0.3 is 19.5 Å². The summed E-state index contributed by atoms with van der Waals surface area (Å²) in [5.74, 6) is 0.902. The highest BCUT2D eigenvalue weighted by Crippen LogP contribution is 2.34. The molecule has 32 heavy (non-hydrogen) atoms. The summed E-state index contributed by atoms with van der Waals surface area (Å²) in [6.07, 6.45) is 0.889. The van der Waals surface area contributed by atoms with Gasteiger partial charge in [-0.15, -0.1) is 0 Å². The average Bonchev–Trinajstić information content (AvgIpc) is 3.15. The lowest BCUT2D eigenvalue weighted by Crippen LogP contribution is -2.63. The van der Waals surface area contributed by atoms with E-state index in [-0.39, 0.29) is 11.8 Å². The van der Waals surface area contributed by atoms with Gasteiger partial charge in [-0.3, -0.25) is 9.59 Å². The fourth-order valence-corrected chi connectivity index (χ4v) is 4.42. The fraction of sp³-hybridized carbons (Fsp3) is 0.385. The SMILES string of the molecule is COc1ccccc1CN1C(=O)c2cc3ccccc3n2CC1(C)C(=O)NCCC(C)C. The van der Waals surface area contributed by atoms with Gasteiger partial charge in [0.2, 0.25) is 5.91 Å². The number of carbonyl (C=O) groups excluding carboxylic acids is 2. The Morgan fingerprint density at radius 1 is 1.16 bits per heavy atom. The van der Waals surface area contributed by atoms with Crippen LogP contribution < -0.4 is 10.1 Å². The van der Waals surface area contributed by atoms with Crippen LogP contribution in [-0.2, 0) is 17.9 Å². The molecule has 2 heterocycles. The van der Waals surface area contributed by atoms with Gasteiger partial charge in [0.05, 0.1) is 20.2 Å². The molecule has 0 fully saturated rings. The van der Waals surface area contributed by atoms with Crippen molar-refractivity contribution in [1.29, 1.82) is 0 Å². The Kier molecular flexibility index (Phi) is 5.96. The number of carbonyl (C=O) groups is 2. The largest absolute Gasteiger partial charge is 0.496 e. The predicted molar refractivity (Wildman–Crippen MR) is 126 cm³/mol. The molecular formula is C26H31N3O3. The van der Waals surface area contributed by atoms with E-state index in [2.05, 4.69) is 19.2 Å². The van der Waals surface area contributed by atoms with Crippen LogP contribution in [0.15, 0.2) is 54.6 Å². The molecule has 0 spiro atoms. The van der Waals surface area contributed by atoms with Crippen molar-refractivity contribution in [1.82, 2.24) is 14.8 Å². The molecule has 0 saturated heterocycles. The number of benzene rings is 2. The summed E-state index contributed by atoms with van der Waals surface area (Å²) in [6, 6.07) is 17.5. The first-order chi connectivity index (χ1) is 15.3. The van der Waals surface area contributed by atoms with Crippen molar-refractivity contribution in [3.63, 3.8) is 0 Å². The minimum absolute atomic E-state index is 0.134. The van der Waals surface area contributed by atoms with Gasteiger partial charge in [0.15, 0.2) is 0 Å². The molecule has 1 aliphatic rings. The molecule has 1 aliphatic heterocycles. The number of hydrogen-bond acceptors (Lipinski definition) is 3. The van der Waals surface area contributed by atoms with Crippen molar-refractivity contribution in [2.75, 3.05) is 13.7 Å². The number of aromatic nitrogens is 1. The molecule has 6 heteroatoms. The Morgan fingerprint density at radius 2 is 1.88 bits per heavy atom. The van der Waals surface area contributed by atoms with Crippen LogP contribution in [0, 0.1) is 5.92 Å². The summed E-state index contributed by atoms with van der Waals surface area (Å²) in [5.41, 5.74) is 1.40. The van der Waals surface area contributed by atoms with Gasteiger partial charge in [-0.2, -0.15) is 0 Å². The topological polar surface area (TPSA) is 63.6 Å². The molecule has 3 aromatic rings. The van der Waals surface area contributed by atoms with Crippen LogP contribution in [-0.4, -0.2) is 40.5 Å². The van der Waals surface area contributed by atoms with Crippen molar-refractivity contribution in [3.05, 3.63) is 65.9 Å². The number of amides is 2. The molecular weight excluding hydrogens is 402 g/mol. The Balaban J connectivity index is 1.76. The molecule has 0 aliphatic carbocycles. The normalized spacial score (nSPS) is 18.2. The van der Waals surface area contributed by atoms with E-state index in [4.69, 9.17) is 4.74 Å². The molecule has 1 aromatic heterocycles. The molecule has 2 amide bonds. The van der Waals surface area contributed by atoms with Crippen molar-refractivity contribution in [3.8, 4) is 5.75 Å². The van der Waals surface area contributed by atoms with Gasteiger partial charge in [0, 0.05) is 23.0 Å². The van der Waals surface area contributed by atoms with Crippen LogP contribution in [0.1, 0.15) is 43.2 Å². The first kappa shape index (κ1) is 21.9. The number of nitrogens with zero attached hydrogens (tertiary/aromatic N) is 2. The Hall–Kier alpha value is -3.28. The van der Waals surface area contributed by atoms with E-state index in [1.165, 1.54) is 0 Å². The number of para-hydroxylation sites is 2. The first-order valence-corrected chi connectivity index (χ1v) is 11.2. The third-order valence-electron chi connectivity index (χ3n) is 6.35. The second-order valence-electron chi connectivity index (χ2n) is 9.09. The van der Waals surface area contributed by atoms with Crippen LogP contribution in [0.4, 0.5) is 0 Å². The zero-order valence-electron chi connectivity index (χ0n) is 19.2. The lowest BCUT2D eigenvalue weighted by atomic mass is 9.93. The Bertz CT molecular complexity index is 1150. The lowest BCUT2D eigenvalue weighted by Gasteiger charge is -2.44. The second kappa shape index (κ2) is 8.69. The fourth-order valence-electron chi connectivity index (χ4n) is 4.42. The van der Waals surface area contributed by atoms with E-state index in [1.807, 2.05) is 66.1 Å². The van der Waals surface area contributed by atoms with Crippen LogP contribution in [0.5, 0.6) is 5.75 Å². The highest BCUT2D eigenvalue weighted by molar-refractivity contribution is 6.03. The molecule has 1 N–H and O–H groups in total. The molecule has 0 bridgehead atoms. The summed E-state index contributed by atoms with van der Waals surface area (Å²) in [7, 11) is 1.62. The summed E-state index contributed by atoms with van der Waals surface area (Å²) < 4.78 is 7.50. The van der Waals surface area contributed by atoms with Gasteiger partial charge in [0.25, 0.3) is 5.91 Å². The third-order valence-corrected chi connectivity index (χ3v) is 6.35. The molecule has 2 aromatic carbocycles. The van der Waals surface area contributed by atoms with Crippen LogP contribution in [0.3, 0.4) is 0 Å². The highest BCUT2D eigenvalue weighted by atomic mass is 16.5. The number of nitrogens with one attached hydrogen (secondary N) is 1. The second-order valence-corrected chi connectivity index (χ2v) is 9.09. The zero-order chi connectivity index (χ0) is 22.9. The van der Waals surface area contributed by atoms with Gasteiger partial charge in [-0.25, -0.2) is 0 Å². The highest BCUT2D eigenvalue weighted by Gasteiger charge is 2.47. The lowest BCUT2D eigenvalue weighted by molar-refractivity contribution is -0.133. The summed E-state index contributed by atoms with van der Waals surface area (Å²) in [4.78, 5) is 29.0. The molecule has 4 rings (SSSR count). The predicted octanol–water partition coefficient (Wildman–Crippen LogP) is 4.23. The third kappa shape index (κ3) is 3.85. The van der Waals surface area contributed by atoms with E-state index < -0.39 is 5.54 Å². The van der Waals surface area contributed by atoms with Crippen molar-refractivity contribution >= 4 is 22.7 Å². The quantitative estimate of drug-likeness (QED) is 0.607. The van der Waals surface area contributed by atoms with Gasteiger partial charge in [-0.1, -0.05) is 50.2 Å². The molecule has 0 radical (unpaired) electrons. The van der Waals surface area contributed by atoms with Gasteiger partial charge in [-0.05, 0) is 37.5 Å². The Labute approximate surface area is 189 Å².